The Labute approximate surface area is 153 Å². The van der Waals surface area contributed by atoms with Crippen LogP contribution >= 0.6 is 0 Å². The average molecular weight is 361 g/mol. The largest absolute Gasteiger partial charge is 0.379 e. The molecular formula is C17H27N7O2. The molecule has 2 saturated heterocycles. The number of piperidine rings is 1. The standard InChI is InChI=1S/C17H27N7O2/c1-3-15-18-17(21-26-15)24-6-4-13(5-7-24)16-20-19-14(22(16)2)12-23-8-10-25-11-9-23/h13H,3-12H2,1-2H3. The first-order valence-corrected chi connectivity index (χ1v) is 9.50. The van der Waals surface area contributed by atoms with E-state index in [-0.39, 0.29) is 0 Å². The molecule has 0 saturated carbocycles. The zero-order chi connectivity index (χ0) is 17.9. The Morgan fingerprint density at radius 3 is 2.54 bits per heavy atom. The second-order valence-corrected chi connectivity index (χ2v) is 7.02. The summed E-state index contributed by atoms with van der Waals surface area (Å²) in [5, 5.41) is 13.0. The lowest BCUT2D eigenvalue weighted by molar-refractivity contribution is 0.0326. The van der Waals surface area contributed by atoms with Gasteiger partial charge in [0, 0.05) is 45.6 Å². The molecular weight excluding hydrogens is 334 g/mol. The van der Waals surface area contributed by atoms with Crippen LogP contribution in [0.15, 0.2) is 4.52 Å². The summed E-state index contributed by atoms with van der Waals surface area (Å²) in [5.74, 6) is 3.97. The van der Waals surface area contributed by atoms with E-state index in [0.717, 1.165) is 76.8 Å². The maximum Gasteiger partial charge on any atom is 0.266 e. The van der Waals surface area contributed by atoms with E-state index in [1.807, 2.05) is 6.92 Å². The third-order valence-electron chi connectivity index (χ3n) is 5.37. The molecule has 0 aromatic carbocycles. The smallest absolute Gasteiger partial charge is 0.266 e. The molecule has 2 fully saturated rings. The van der Waals surface area contributed by atoms with Crippen LogP contribution in [0.4, 0.5) is 5.95 Å². The van der Waals surface area contributed by atoms with Gasteiger partial charge in [0.25, 0.3) is 5.95 Å². The number of rotatable bonds is 5. The number of hydrogen-bond donors (Lipinski definition) is 0. The fraction of sp³-hybridized carbons (Fsp3) is 0.765. The first kappa shape index (κ1) is 17.4. The van der Waals surface area contributed by atoms with Gasteiger partial charge >= 0.3 is 0 Å². The molecule has 0 radical (unpaired) electrons. The molecule has 2 aromatic rings. The van der Waals surface area contributed by atoms with E-state index in [2.05, 4.69) is 41.8 Å². The maximum atomic E-state index is 5.42. The van der Waals surface area contributed by atoms with Crippen molar-refractivity contribution < 1.29 is 9.26 Å². The molecule has 0 unspecified atom stereocenters. The predicted molar refractivity (Wildman–Crippen MR) is 95.0 cm³/mol. The lowest BCUT2D eigenvalue weighted by atomic mass is 9.96. The SMILES string of the molecule is CCc1nc(N2CCC(c3nnc(CN4CCOCC4)n3C)CC2)no1. The summed E-state index contributed by atoms with van der Waals surface area (Å²) in [5.41, 5.74) is 0. The normalized spacial score (nSPS) is 20.0. The van der Waals surface area contributed by atoms with Gasteiger partial charge in [-0.1, -0.05) is 6.92 Å². The predicted octanol–water partition coefficient (Wildman–Crippen LogP) is 0.977. The van der Waals surface area contributed by atoms with Crippen LogP contribution in [-0.4, -0.2) is 69.2 Å². The Balaban J connectivity index is 1.36. The van der Waals surface area contributed by atoms with Gasteiger partial charge in [-0.05, 0) is 18.0 Å². The molecule has 4 heterocycles. The van der Waals surface area contributed by atoms with Crippen molar-refractivity contribution in [3.8, 4) is 0 Å². The zero-order valence-corrected chi connectivity index (χ0v) is 15.6. The first-order chi connectivity index (χ1) is 12.7. The monoisotopic (exact) mass is 361 g/mol. The first-order valence-electron chi connectivity index (χ1n) is 9.50. The molecule has 2 aliphatic heterocycles. The Bertz CT molecular complexity index is 715. The van der Waals surface area contributed by atoms with Crippen LogP contribution < -0.4 is 4.90 Å². The van der Waals surface area contributed by atoms with E-state index >= 15 is 0 Å². The lowest BCUT2D eigenvalue weighted by Crippen LogP contribution is -2.36. The van der Waals surface area contributed by atoms with Crippen molar-refractivity contribution in [3.05, 3.63) is 17.5 Å². The second-order valence-electron chi connectivity index (χ2n) is 7.02. The average Bonchev–Trinajstić information content (AvgIpc) is 3.30. The van der Waals surface area contributed by atoms with Gasteiger partial charge in [-0.3, -0.25) is 4.90 Å². The van der Waals surface area contributed by atoms with Crippen molar-refractivity contribution in [1.82, 2.24) is 29.8 Å². The molecule has 2 aromatic heterocycles. The molecule has 0 amide bonds. The highest BCUT2D eigenvalue weighted by Crippen LogP contribution is 2.28. The molecule has 0 bridgehead atoms. The summed E-state index contributed by atoms with van der Waals surface area (Å²) >= 11 is 0. The number of aryl methyl sites for hydroxylation is 1. The maximum absolute atomic E-state index is 5.42. The summed E-state index contributed by atoms with van der Waals surface area (Å²) < 4.78 is 12.8. The van der Waals surface area contributed by atoms with Gasteiger partial charge in [0.15, 0.2) is 0 Å². The van der Waals surface area contributed by atoms with Crippen LogP contribution in [0.25, 0.3) is 0 Å². The highest BCUT2D eigenvalue weighted by Gasteiger charge is 2.27. The van der Waals surface area contributed by atoms with Crippen LogP contribution in [0.3, 0.4) is 0 Å². The summed E-state index contributed by atoms with van der Waals surface area (Å²) in [6.07, 6.45) is 2.83. The minimum absolute atomic E-state index is 0.430. The third-order valence-corrected chi connectivity index (χ3v) is 5.37. The number of morpholine rings is 1. The molecule has 9 nitrogen and oxygen atoms in total. The van der Waals surface area contributed by atoms with Crippen LogP contribution in [0.1, 0.15) is 43.2 Å². The van der Waals surface area contributed by atoms with Crippen LogP contribution in [-0.2, 0) is 24.8 Å². The van der Waals surface area contributed by atoms with Crippen molar-refractivity contribution in [2.75, 3.05) is 44.3 Å². The molecule has 26 heavy (non-hydrogen) atoms. The number of aromatic nitrogens is 5. The minimum Gasteiger partial charge on any atom is -0.379 e. The van der Waals surface area contributed by atoms with Crippen LogP contribution in [0.2, 0.25) is 0 Å². The van der Waals surface area contributed by atoms with Gasteiger partial charge in [0.05, 0.1) is 19.8 Å². The van der Waals surface area contributed by atoms with Crippen molar-refractivity contribution in [3.63, 3.8) is 0 Å². The molecule has 0 N–H and O–H groups in total. The van der Waals surface area contributed by atoms with Crippen molar-refractivity contribution in [1.29, 1.82) is 0 Å². The van der Waals surface area contributed by atoms with Gasteiger partial charge < -0.3 is 18.7 Å². The highest BCUT2D eigenvalue weighted by molar-refractivity contribution is 5.29. The topological polar surface area (TPSA) is 85.3 Å². The summed E-state index contributed by atoms with van der Waals surface area (Å²) in [6, 6.07) is 0. The van der Waals surface area contributed by atoms with Gasteiger partial charge in [0.2, 0.25) is 5.89 Å². The number of anilines is 1. The molecule has 9 heteroatoms. The van der Waals surface area contributed by atoms with Gasteiger partial charge in [0.1, 0.15) is 11.6 Å². The molecule has 0 aliphatic carbocycles. The van der Waals surface area contributed by atoms with Crippen LogP contribution in [0.5, 0.6) is 0 Å². The lowest BCUT2D eigenvalue weighted by Gasteiger charge is -2.30. The van der Waals surface area contributed by atoms with E-state index < -0.39 is 0 Å². The Morgan fingerprint density at radius 1 is 1.08 bits per heavy atom. The quantitative estimate of drug-likeness (QED) is 0.779. The van der Waals surface area contributed by atoms with E-state index in [1.165, 1.54) is 0 Å². The van der Waals surface area contributed by atoms with E-state index in [0.29, 0.717) is 17.8 Å². The highest BCUT2D eigenvalue weighted by atomic mass is 16.5. The molecule has 0 spiro atoms. The fourth-order valence-electron chi connectivity index (χ4n) is 3.68. The van der Waals surface area contributed by atoms with E-state index in [4.69, 9.17) is 9.26 Å². The van der Waals surface area contributed by atoms with Gasteiger partial charge in [-0.15, -0.1) is 10.2 Å². The van der Waals surface area contributed by atoms with Gasteiger partial charge in [-0.25, -0.2) is 0 Å². The summed E-state index contributed by atoms with van der Waals surface area (Å²) in [4.78, 5) is 9.01. The summed E-state index contributed by atoms with van der Waals surface area (Å²) in [7, 11) is 2.09. The van der Waals surface area contributed by atoms with Gasteiger partial charge in [-0.2, -0.15) is 4.98 Å². The molecule has 0 atom stereocenters. The van der Waals surface area contributed by atoms with E-state index in [1.54, 1.807) is 0 Å². The Kier molecular flexibility index (Phi) is 5.16. The number of nitrogens with zero attached hydrogens (tertiary/aromatic N) is 7. The van der Waals surface area contributed by atoms with Crippen molar-refractivity contribution in [2.45, 2.75) is 38.6 Å². The second kappa shape index (κ2) is 7.71. The Hall–Kier alpha value is -2.00. The molecule has 4 rings (SSSR count). The third kappa shape index (κ3) is 3.59. The van der Waals surface area contributed by atoms with E-state index in [9.17, 15) is 0 Å². The summed E-state index contributed by atoms with van der Waals surface area (Å²) in [6.45, 7) is 8.23. The van der Waals surface area contributed by atoms with Crippen LogP contribution in [0, 0.1) is 0 Å². The minimum atomic E-state index is 0.430. The zero-order valence-electron chi connectivity index (χ0n) is 15.6. The van der Waals surface area contributed by atoms with Crippen molar-refractivity contribution >= 4 is 5.95 Å². The Morgan fingerprint density at radius 2 is 1.85 bits per heavy atom. The fourth-order valence-corrected chi connectivity index (χ4v) is 3.68. The van der Waals surface area contributed by atoms with Crippen molar-refractivity contribution in [2.24, 2.45) is 7.05 Å². The molecule has 2 aliphatic rings. The number of hydrogen-bond acceptors (Lipinski definition) is 8. The number of ether oxygens (including phenoxy) is 1. The molecule has 142 valence electrons.